The first-order valence-corrected chi connectivity index (χ1v) is 7.15. The lowest BCUT2D eigenvalue weighted by Crippen LogP contribution is -2.34. The van der Waals surface area contributed by atoms with Gasteiger partial charge in [-0.25, -0.2) is 4.39 Å². The first-order valence-electron chi connectivity index (χ1n) is 7.15. The van der Waals surface area contributed by atoms with Crippen molar-refractivity contribution in [2.45, 2.75) is 13.5 Å². The second-order valence-electron chi connectivity index (χ2n) is 4.70. The van der Waals surface area contributed by atoms with Crippen molar-refractivity contribution >= 4 is 17.5 Å². The number of amides is 2. The molecule has 2 aromatic carbocycles. The summed E-state index contributed by atoms with van der Waals surface area (Å²) in [6.07, 6.45) is 0. The van der Waals surface area contributed by atoms with Gasteiger partial charge in [0.05, 0.1) is 6.61 Å². The van der Waals surface area contributed by atoms with Crippen LogP contribution in [0.1, 0.15) is 12.5 Å². The van der Waals surface area contributed by atoms with Gasteiger partial charge in [0.2, 0.25) is 0 Å². The molecule has 0 saturated carbocycles. The van der Waals surface area contributed by atoms with E-state index < -0.39 is 17.6 Å². The molecule has 2 rings (SSSR count). The maximum absolute atomic E-state index is 13.7. The number of benzene rings is 2. The molecule has 0 aliphatic rings. The number of anilines is 1. The van der Waals surface area contributed by atoms with Crippen LogP contribution >= 0.6 is 0 Å². The quantitative estimate of drug-likeness (QED) is 0.833. The largest absolute Gasteiger partial charge is 0.491 e. The lowest BCUT2D eigenvalue weighted by molar-refractivity contribution is -0.136. The second-order valence-corrected chi connectivity index (χ2v) is 4.70. The van der Waals surface area contributed by atoms with Crippen molar-refractivity contribution in [3.63, 3.8) is 0 Å². The summed E-state index contributed by atoms with van der Waals surface area (Å²) in [5.41, 5.74) is 1.06. The number of nitrogens with one attached hydrogen (secondary N) is 2. The summed E-state index contributed by atoms with van der Waals surface area (Å²) in [5.74, 6) is -1.91. The number of carbonyl (C=O) groups is 2. The number of para-hydroxylation sites is 1. The predicted molar refractivity (Wildman–Crippen MR) is 84.5 cm³/mol. The van der Waals surface area contributed by atoms with Gasteiger partial charge < -0.3 is 15.4 Å². The minimum atomic E-state index is -0.789. The van der Waals surface area contributed by atoms with E-state index in [0.29, 0.717) is 17.9 Å². The van der Waals surface area contributed by atoms with E-state index in [9.17, 15) is 14.0 Å². The Kier molecular flexibility index (Phi) is 5.68. The Bertz CT molecular complexity index is 689. The van der Waals surface area contributed by atoms with E-state index >= 15 is 0 Å². The number of ether oxygens (including phenoxy) is 1. The zero-order valence-electron chi connectivity index (χ0n) is 12.6. The van der Waals surface area contributed by atoms with Crippen LogP contribution in [-0.4, -0.2) is 18.4 Å². The van der Waals surface area contributed by atoms with Crippen LogP contribution in [0.2, 0.25) is 0 Å². The van der Waals surface area contributed by atoms with Crippen LogP contribution in [0.4, 0.5) is 10.1 Å². The van der Waals surface area contributed by atoms with Crippen molar-refractivity contribution in [2.75, 3.05) is 11.9 Å². The number of rotatable bonds is 5. The van der Waals surface area contributed by atoms with Gasteiger partial charge in [-0.2, -0.15) is 0 Å². The molecule has 0 saturated heterocycles. The van der Waals surface area contributed by atoms with Crippen molar-refractivity contribution < 1.29 is 18.7 Å². The van der Waals surface area contributed by atoms with E-state index in [4.69, 9.17) is 4.74 Å². The smallest absolute Gasteiger partial charge is 0.313 e. The first kappa shape index (κ1) is 16.5. The topological polar surface area (TPSA) is 67.4 Å². The molecule has 0 aromatic heterocycles. The van der Waals surface area contributed by atoms with Crippen molar-refractivity contribution in [2.24, 2.45) is 0 Å². The van der Waals surface area contributed by atoms with Gasteiger partial charge in [0.25, 0.3) is 0 Å². The highest BCUT2D eigenvalue weighted by Gasteiger charge is 2.13. The predicted octanol–water partition coefficient (Wildman–Crippen LogP) is 2.48. The Morgan fingerprint density at radius 3 is 2.48 bits per heavy atom. The van der Waals surface area contributed by atoms with Crippen molar-refractivity contribution in [1.29, 1.82) is 0 Å². The Morgan fingerprint density at radius 1 is 1.09 bits per heavy atom. The average molecular weight is 316 g/mol. The molecule has 0 radical (unpaired) electrons. The van der Waals surface area contributed by atoms with Gasteiger partial charge in [-0.1, -0.05) is 24.3 Å². The molecule has 0 atom stereocenters. The third-order valence-electron chi connectivity index (χ3n) is 2.99. The van der Waals surface area contributed by atoms with Gasteiger partial charge in [-0.05, 0) is 36.8 Å². The lowest BCUT2D eigenvalue weighted by atomic mass is 10.2. The van der Waals surface area contributed by atoms with Crippen LogP contribution in [0.25, 0.3) is 0 Å². The highest BCUT2D eigenvalue weighted by molar-refractivity contribution is 6.39. The number of hydrogen-bond acceptors (Lipinski definition) is 3. The zero-order valence-corrected chi connectivity index (χ0v) is 12.6. The highest BCUT2D eigenvalue weighted by Crippen LogP contribution is 2.18. The van der Waals surface area contributed by atoms with E-state index in [1.807, 2.05) is 0 Å². The van der Waals surface area contributed by atoms with Gasteiger partial charge in [0.1, 0.15) is 0 Å². The maximum atomic E-state index is 13.7. The van der Waals surface area contributed by atoms with E-state index in [-0.39, 0.29) is 12.3 Å². The van der Waals surface area contributed by atoms with Crippen LogP contribution in [0.5, 0.6) is 5.75 Å². The molecule has 2 aromatic rings. The summed E-state index contributed by atoms with van der Waals surface area (Å²) >= 11 is 0. The van der Waals surface area contributed by atoms with Crippen LogP contribution in [-0.2, 0) is 16.1 Å². The van der Waals surface area contributed by atoms with Crippen molar-refractivity contribution in [3.05, 3.63) is 59.9 Å². The Hall–Kier alpha value is -2.89. The standard InChI is InChI=1S/C17H17FN2O3/c1-2-23-15-9-8-12(10-14(15)18)11-19-16(21)17(22)20-13-6-4-3-5-7-13/h3-10H,2,11H2,1H3,(H,19,21)(H,20,22). The molecule has 0 fully saturated rings. The molecule has 0 heterocycles. The molecule has 6 heteroatoms. The molecule has 0 aliphatic carbocycles. The monoisotopic (exact) mass is 316 g/mol. The Balaban J connectivity index is 1.88. The normalized spacial score (nSPS) is 10.0. The van der Waals surface area contributed by atoms with Crippen LogP contribution in [0, 0.1) is 5.82 Å². The van der Waals surface area contributed by atoms with Gasteiger partial charge >= 0.3 is 11.8 Å². The van der Waals surface area contributed by atoms with Gasteiger partial charge in [0.15, 0.2) is 11.6 Å². The molecule has 0 bridgehead atoms. The molecule has 0 spiro atoms. The fourth-order valence-electron chi connectivity index (χ4n) is 1.90. The van der Waals surface area contributed by atoms with E-state index in [2.05, 4.69) is 10.6 Å². The fourth-order valence-corrected chi connectivity index (χ4v) is 1.90. The van der Waals surface area contributed by atoms with Gasteiger partial charge in [-0.3, -0.25) is 9.59 Å². The molecule has 0 aliphatic heterocycles. The molecule has 5 nitrogen and oxygen atoms in total. The fraction of sp³-hybridized carbons (Fsp3) is 0.176. The van der Waals surface area contributed by atoms with Crippen LogP contribution in [0.3, 0.4) is 0 Å². The minimum Gasteiger partial charge on any atom is -0.491 e. The van der Waals surface area contributed by atoms with Crippen molar-refractivity contribution in [3.8, 4) is 5.75 Å². The Labute approximate surface area is 133 Å². The summed E-state index contributed by atoms with van der Waals surface area (Å²) in [5, 5.41) is 4.91. The summed E-state index contributed by atoms with van der Waals surface area (Å²) in [6, 6.07) is 13.0. The molecule has 2 N–H and O–H groups in total. The molecule has 120 valence electrons. The summed E-state index contributed by atoms with van der Waals surface area (Å²) in [6.45, 7) is 2.18. The number of carbonyl (C=O) groups excluding carboxylic acids is 2. The molecule has 2 amide bonds. The van der Waals surface area contributed by atoms with Crippen LogP contribution in [0.15, 0.2) is 48.5 Å². The minimum absolute atomic E-state index is 0.0460. The van der Waals surface area contributed by atoms with E-state index in [1.54, 1.807) is 43.3 Å². The number of halogens is 1. The van der Waals surface area contributed by atoms with Crippen LogP contribution < -0.4 is 15.4 Å². The maximum Gasteiger partial charge on any atom is 0.313 e. The van der Waals surface area contributed by atoms with E-state index in [0.717, 1.165) is 0 Å². The average Bonchev–Trinajstić information content (AvgIpc) is 2.56. The SMILES string of the molecule is CCOc1ccc(CNC(=O)C(=O)Nc2ccccc2)cc1F. The molecular formula is C17H17FN2O3. The summed E-state index contributed by atoms with van der Waals surface area (Å²) < 4.78 is 18.8. The first-order chi connectivity index (χ1) is 11.1. The third-order valence-corrected chi connectivity index (χ3v) is 2.99. The van der Waals surface area contributed by atoms with Gasteiger partial charge in [-0.15, -0.1) is 0 Å². The van der Waals surface area contributed by atoms with Gasteiger partial charge in [0, 0.05) is 12.2 Å². The van der Waals surface area contributed by atoms with E-state index in [1.165, 1.54) is 12.1 Å². The zero-order chi connectivity index (χ0) is 16.7. The van der Waals surface area contributed by atoms with Crippen molar-refractivity contribution in [1.82, 2.24) is 5.32 Å². The third kappa shape index (κ3) is 4.81. The summed E-state index contributed by atoms with van der Waals surface area (Å²) in [4.78, 5) is 23.5. The number of hydrogen-bond donors (Lipinski definition) is 2. The summed E-state index contributed by atoms with van der Waals surface area (Å²) in [7, 11) is 0. The molecule has 23 heavy (non-hydrogen) atoms. The highest BCUT2D eigenvalue weighted by atomic mass is 19.1. The Morgan fingerprint density at radius 2 is 1.83 bits per heavy atom. The lowest BCUT2D eigenvalue weighted by Gasteiger charge is -2.08. The molecule has 0 unspecified atom stereocenters. The second kappa shape index (κ2) is 7.93. The molecular weight excluding hydrogens is 299 g/mol.